The number of carbonyl (C=O) groups excluding carboxylic acids is 1. The average molecular weight is 187 g/mol. The van der Waals surface area contributed by atoms with E-state index < -0.39 is 12.0 Å². The van der Waals surface area contributed by atoms with Crippen LogP contribution in [0.25, 0.3) is 0 Å². The zero-order valence-electron chi connectivity index (χ0n) is 7.99. The number of hydrogen-bond acceptors (Lipinski definition) is 3. The Hall–Kier alpha value is -0.610. The Balaban J connectivity index is 2.13. The Morgan fingerprint density at radius 3 is 3.00 bits per heavy atom. The Morgan fingerprint density at radius 1 is 1.69 bits per heavy atom. The predicted molar refractivity (Wildman–Crippen MR) is 48.2 cm³/mol. The predicted octanol–water partition coefficient (Wildman–Crippen LogP) is 0.446. The first-order valence-electron chi connectivity index (χ1n) is 4.72. The first kappa shape index (κ1) is 10.5. The fourth-order valence-electron chi connectivity index (χ4n) is 1.27. The zero-order valence-corrected chi connectivity index (χ0v) is 7.99. The summed E-state index contributed by atoms with van der Waals surface area (Å²) in [5, 5.41) is 0. The summed E-state index contributed by atoms with van der Waals surface area (Å²) >= 11 is 0. The van der Waals surface area contributed by atoms with E-state index in [1.165, 1.54) is 6.42 Å². The van der Waals surface area contributed by atoms with Gasteiger partial charge >= 0.3 is 0 Å². The van der Waals surface area contributed by atoms with Crippen LogP contribution in [-0.4, -0.2) is 31.3 Å². The van der Waals surface area contributed by atoms with Gasteiger partial charge in [0, 0.05) is 6.61 Å². The van der Waals surface area contributed by atoms with E-state index in [0.29, 0.717) is 6.61 Å². The highest BCUT2D eigenvalue weighted by atomic mass is 16.5. The van der Waals surface area contributed by atoms with Crippen LogP contribution in [0.15, 0.2) is 0 Å². The topological polar surface area (TPSA) is 61.6 Å². The maximum absolute atomic E-state index is 10.6. The van der Waals surface area contributed by atoms with Crippen LogP contribution in [0.1, 0.15) is 26.2 Å². The minimum absolute atomic E-state index is 0.149. The van der Waals surface area contributed by atoms with Gasteiger partial charge in [-0.05, 0) is 26.2 Å². The van der Waals surface area contributed by atoms with Gasteiger partial charge in [0.25, 0.3) is 0 Å². The average Bonchev–Trinajstić information content (AvgIpc) is 2.15. The van der Waals surface area contributed by atoms with Gasteiger partial charge in [-0.1, -0.05) is 0 Å². The molecule has 0 saturated carbocycles. The van der Waals surface area contributed by atoms with Crippen LogP contribution in [0.3, 0.4) is 0 Å². The van der Waals surface area contributed by atoms with E-state index >= 15 is 0 Å². The molecule has 2 unspecified atom stereocenters. The first-order chi connectivity index (χ1) is 6.20. The van der Waals surface area contributed by atoms with E-state index in [1.807, 2.05) is 0 Å². The highest BCUT2D eigenvalue weighted by Crippen LogP contribution is 2.13. The summed E-state index contributed by atoms with van der Waals surface area (Å²) in [6.45, 7) is 2.94. The fourth-order valence-corrected chi connectivity index (χ4v) is 1.27. The Labute approximate surface area is 78.4 Å². The normalized spacial score (nSPS) is 25.5. The summed E-state index contributed by atoms with van der Waals surface area (Å²) in [6, 6.07) is 0. The van der Waals surface area contributed by atoms with E-state index in [2.05, 4.69) is 0 Å². The molecule has 1 fully saturated rings. The van der Waals surface area contributed by atoms with E-state index in [9.17, 15) is 4.79 Å². The highest BCUT2D eigenvalue weighted by Gasteiger charge is 2.16. The molecule has 0 spiro atoms. The lowest BCUT2D eigenvalue weighted by atomic mass is 10.1. The largest absolute Gasteiger partial charge is 0.376 e. The molecule has 1 rings (SSSR count). The third kappa shape index (κ3) is 3.74. The molecule has 0 aliphatic carbocycles. The van der Waals surface area contributed by atoms with Crippen molar-refractivity contribution in [3.05, 3.63) is 0 Å². The van der Waals surface area contributed by atoms with Crippen LogP contribution in [0.4, 0.5) is 0 Å². The maximum atomic E-state index is 10.6. The standard InChI is InChI=1S/C9H17NO3/c1-7(9(10)11)13-6-8-4-2-3-5-12-8/h7-8H,2-6H2,1H3,(H2,10,11). The van der Waals surface area contributed by atoms with Crippen LogP contribution in [0.5, 0.6) is 0 Å². The van der Waals surface area contributed by atoms with Gasteiger partial charge in [-0.2, -0.15) is 0 Å². The molecular weight excluding hydrogens is 170 g/mol. The molecular formula is C9H17NO3. The van der Waals surface area contributed by atoms with Gasteiger partial charge in [0.15, 0.2) is 0 Å². The van der Waals surface area contributed by atoms with Crippen molar-refractivity contribution in [2.75, 3.05) is 13.2 Å². The molecule has 0 bridgehead atoms. The minimum atomic E-state index is -0.509. The van der Waals surface area contributed by atoms with Crippen LogP contribution in [0, 0.1) is 0 Å². The van der Waals surface area contributed by atoms with Gasteiger partial charge in [0.1, 0.15) is 6.10 Å². The first-order valence-corrected chi connectivity index (χ1v) is 4.72. The second kappa shape index (κ2) is 5.19. The molecule has 1 heterocycles. The monoisotopic (exact) mass is 187 g/mol. The third-order valence-electron chi connectivity index (χ3n) is 2.21. The van der Waals surface area contributed by atoms with E-state index in [0.717, 1.165) is 19.4 Å². The van der Waals surface area contributed by atoms with E-state index in [1.54, 1.807) is 6.92 Å². The number of amides is 1. The van der Waals surface area contributed by atoms with Gasteiger partial charge in [0.2, 0.25) is 5.91 Å². The smallest absolute Gasteiger partial charge is 0.246 e. The SMILES string of the molecule is CC(OCC1CCCCO1)C(N)=O. The molecule has 0 aromatic rings. The number of rotatable bonds is 4. The van der Waals surface area contributed by atoms with E-state index in [-0.39, 0.29) is 6.10 Å². The van der Waals surface area contributed by atoms with E-state index in [4.69, 9.17) is 15.2 Å². The van der Waals surface area contributed by atoms with Crippen LogP contribution in [-0.2, 0) is 14.3 Å². The van der Waals surface area contributed by atoms with Crippen molar-refractivity contribution < 1.29 is 14.3 Å². The van der Waals surface area contributed by atoms with Crippen molar-refractivity contribution in [2.45, 2.75) is 38.4 Å². The van der Waals surface area contributed by atoms with Crippen LogP contribution in [0.2, 0.25) is 0 Å². The molecule has 76 valence electrons. The lowest BCUT2D eigenvalue weighted by molar-refractivity contribution is -0.132. The molecule has 13 heavy (non-hydrogen) atoms. The van der Waals surface area contributed by atoms with Gasteiger partial charge < -0.3 is 15.2 Å². The van der Waals surface area contributed by atoms with Gasteiger partial charge in [-0.15, -0.1) is 0 Å². The number of carbonyl (C=O) groups is 1. The molecule has 2 atom stereocenters. The molecule has 1 aliphatic rings. The van der Waals surface area contributed by atoms with Gasteiger partial charge in [0.05, 0.1) is 12.7 Å². The summed E-state index contributed by atoms with van der Waals surface area (Å²) in [4.78, 5) is 10.6. The number of hydrogen-bond donors (Lipinski definition) is 1. The summed E-state index contributed by atoms with van der Waals surface area (Å²) in [6.07, 6.45) is 2.97. The second-order valence-electron chi connectivity index (χ2n) is 3.37. The number of ether oxygens (including phenoxy) is 2. The number of nitrogens with two attached hydrogens (primary N) is 1. The van der Waals surface area contributed by atoms with Crippen LogP contribution >= 0.6 is 0 Å². The Morgan fingerprint density at radius 2 is 2.46 bits per heavy atom. The van der Waals surface area contributed by atoms with Crippen LogP contribution < -0.4 is 5.73 Å². The Kier molecular flexibility index (Phi) is 4.18. The molecule has 4 nitrogen and oxygen atoms in total. The maximum Gasteiger partial charge on any atom is 0.246 e. The second-order valence-corrected chi connectivity index (χ2v) is 3.37. The Bertz CT molecular complexity index is 166. The zero-order chi connectivity index (χ0) is 9.68. The van der Waals surface area contributed by atoms with Crippen molar-refractivity contribution in [2.24, 2.45) is 5.73 Å². The van der Waals surface area contributed by atoms with Crippen molar-refractivity contribution >= 4 is 5.91 Å². The van der Waals surface area contributed by atoms with Gasteiger partial charge in [-0.3, -0.25) is 4.79 Å². The molecule has 2 N–H and O–H groups in total. The highest BCUT2D eigenvalue weighted by molar-refractivity contribution is 5.78. The molecule has 1 amide bonds. The fraction of sp³-hybridized carbons (Fsp3) is 0.889. The lowest BCUT2D eigenvalue weighted by Crippen LogP contribution is -2.33. The quantitative estimate of drug-likeness (QED) is 0.695. The summed E-state index contributed by atoms with van der Waals surface area (Å²) in [5.74, 6) is -0.421. The van der Waals surface area contributed by atoms with Crippen molar-refractivity contribution in [3.8, 4) is 0 Å². The summed E-state index contributed by atoms with van der Waals surface area (Å²) in [5.41, 5.74) is 5.05. The lowest BCUT2D eigenvalue weighted by Gasteiger charge is -2.23. The molecule has 0 aromatic carbocycles. The summed E-state index contributed by atoms with van der Waals surface area (Å²) in [7, 11) is 0. The third-order valence-corrected chi connectivity index (χ3v) is 2.21. The van der Waals surface area contributed by atoms with Crippen molar-refractivity contribution in [1.29, 1.82) is 0 Å². The summed E-state index contributed by atoms with van der Waals surface area (Å²) < 4.78 is 10.7. The molecule has 4 heteroatoms. The van der Waals surface area contributed by atoms with Crippen molar-refractivity contribution in [3.63, 3.8) is 0 Å². The van der Waals surface area contributed by atoms with Gasteiger partial charge in [-0.25, -0.2) is 0 Å². The minimum Gasteiger partial charge on any atom is -0.376 e. The molecule has 1 saturated heterocycles. The molecule has 0 radical (unpaired) electrons. The number of primary amides is 1. The molecule has 1 aliphatic heterocycles. The van der Waals surface area contributed by atoms with Crippen molar-refractivity contribution in [1.82, 2.24) is 0 Å². The molecule has 0 aromatic heterocycles.